The summed E-state index contributed by atoms with van der Waals surface area (Å²) >= 11 is 0. The molecule has 0 heterocycles. The molecule has 0 aromatic carbocycles. The van der Waals surface area contributed by atoms with E-state index in [2.05, 4.69) is 6.92 Å². The van der Waals surface area contributed by atoms with Crippen molar-refractivity contribution in [2.24, 2.45) is 0 Å². The summed E-state index contributed by atoms with van der Waals surface area (Å²) in [5.74, 6) is 0. The molecule has 0 saturated heterocycles. The van der Waals surface area contributed by atoms with E-state index in [1.54, 1.807) is 0 Å². The predicted molar refractivity (Wildman–Crippen MR) is 46.5 cm³/mol. The van der Waals surface area contributed by atoms with Gasteiger partial charge in [0.05, 0.1) is 6.10 Å². The van der Waals surface area contributed by atoms with Crippen LogP contribution < -0.4 is 0 Å². The molecule has 0 atom stereocenters. The van der Waals surface area contributed by atoms with E-state index < -0.39 is 0 Å². The van der Waals surface area contributed by atoms with E-state index >= 15 is 0 Å². The van der Waals surface area contributed by atoms with Gasteiger partial charge in [0.25, 0.3) is 0 Å². The summed E-state index contributed by atoms with van der Waals surface area (Å²) in [7, 11) is 0. The van der Waals surface area contributed by atoms with Crippen molar-refractivity contribution in [3.63, 3.8) is 0 Å². The lowest BCUT2D eigenvalue weighted by Gasteiger charge is -2.06. The SMILES string of the molecule is [CH2]CCOCCCOC(C)C. The first-order valence-electron chi connectivity index (χ1n) is 4.26. The molecular formula is C9H19O2. The van der Waals surface area contributed by atoms with Gasteiger partial charge in [0.15, 0.2) is 0 Å². The third-order valence-corrected chi connectivity index (χ3v) is 1.17. The monoisotopic (exact) mass is 159 g/mol. The molecule has 0 aromatic rings. The molecule has 0 aliphatic rings. The zero-order valence-electron chi connectivity index (χ0n) is 7.64. The van der Waals surface area contributed by atoms with Crippen molar-refractivity contribution >= 4 is 0 Å². The highest BCUT2D eigenvalue weighted by molar-refractivity contribution is 4.40. The van der Waals surface area contributed by atoms with E-state index in [1.807, 2.05) is 13.8 Å². The van der Waals surface area contributed by atoms with Gasteiger partial charge in [0, 0.05) is 19.8 Å². The van der Waals surface area contributed by atoms with Crippen molar-refractivity contribution in [2.45, 2.75) is 32.8 Å². The summed E-state index contributed by atoms with van der Waals surface area (Å²) in [4.78, 5) is 0. The highest BCUT2D eigenvalue weighted by Gasteiger charge is 1.92. The fourth-order valence-electron chi connectivity index (χ4n) is 0.684. The maximum Gasteiger partial charge on any atom is 0.0518 e. The van der Waals surface area contributed by atoms with Crippen molar-refractivity contribution in [1.29, 1.82) is 0 Å². The Morgan fingerprint density at radius 1 is 1.18 bits per heavy atom. The summed E-state index contributed by atoms with van der Waals surface area (Å²) in [6.07, 6.45) is 2.17. The van der Waals surface area contributed by atoms with Gasteiger partial charge in [-0.05, 0) is 26.7 Å². The van der Waals surface area contributed by atoms with Crippen LogP contribution in [-0.2, 0) is 9.47 Å². The summed E-state index contributed by atoms with van der Waals surface area (Å²) in [6, 6.07) is 0. The molecular weight excluding hydrogens is 140 g/mol. The Labute approximate surface area is 69.9 Å². The van der Waals surface area contributed by atoms with Crippen LogP contribution in [0.15, 0.2) is 0 Å². The molecule has 0 rings (SSSR count). The van der Waals surface area contributed by atoms with E-state index in [0.29, 0.717) is 6.10 Å². The second-order valence-electron chi connectivity index (χ2n) is 2.74. The molecule has 0 N–H and O–H groups in total. The van der Waals surface area contributed by atoms with Crippen LogP contribution in [-0.4, -0.2) is 25.9 Å². The maximum absolute atomic E-state index is 5.33. The Kier molecular flexibility index (Phi) is 7.96. The van der Waals surface area contributed by atoms with E-state index in [-0.39, 0.29) is 0 Å². The van der Waals surface area contributed by atoms with Crippen LogP contribution in [0.4, 0.5) is 0 Å². The zero-order valence-corrected chi connectivity index (χ0v) is 7.64. The van der Waals surface area contributed by atoms with E-state index in [9.17, 15) is 0 Å². The minimum Gasteiger partial charge on any atom is -0.381 e. The first kappa shape index (κ1) is 10.9. The van der Waals surface area contributed by atoms with Gasteiger partial charge in [-0.25, -0.2) is 0 Å². The second kappa shape index (κ2) is 8.02. The predicted octanol–water partition coefficient (Wildman–Crippen LogP) is 2.04. The topological polar surface area (TPSA) is 18.5 Å². The van der Waals surface area contributed by atoms with Crippen LogP contribution in [0.2, 0.25) is 0 Å². The second-order valence-corrected chi connectivity index (χ2v) is 2.74. The van der Waals surface area contributed by atoms with Crippen LogP contribution in [0.1, 0.15) is 26.7 Å². The lowest BCUT2D eigenvalue weighted by Crippen LogP contribution is -2.06. The number of hydrogen-bond acceptors (Lipinski definition) is 2. The average molecular weight is 159 g/mol. The summed E-state index contributed by atoms with van der Waals surface area (Å²) < 4.78 is 10.5. The minimum atomic E-state index is 0.336. The standard InChI is InChI=1S/C9H19O2/c1-4-6-10-7-5-8-11-9(2)3/h9H,1,4-8H2,2-3H3. The molecule has 0 aromatic heterocycles. The van der Waals surface area contributed by atoms with Gasteiger partial charge in [0.2, 0.25) is 0 Å². The van der Waals surface area contributed by atoms with Gasteiger partial charge in [-0.2, -0.15) is 0 Å². The van der Waals surface area contributed by atoms with Crippen LogP contribution in [0.3, 0.4) is 0 Å². The molecule has 0 amide bonds. The first-order chi connectivity index (χ1) is 5.27. The molecule has 0 bridgehead atoms. The molecule has 0 fully saturated rings. The molecule has 0 spiro atoms. The lowest BCUT2D eigenvalue weighted by molar-refractivity contribution is 0.0522. The number of ether oxygens (including phenoxy) is 2. The van der Waals surface area contributed by atoms with E-state index in [1.165, 1.54) is 0 Å². The summed E-state index contributed by atoms with van der Waals surface area (Å²) in [5.41, 5.74) is 0. The molecule has 0 unspecified atom stereocenters. The smallest absolute Gasteiger partial charge is 0.0518 e. The fourth-order valence-corrected chi connectivity index (χ4v) is 0.684. The van der Waals surface area contributed by atoms with Crippen molar-refractivity contribution < 1.29 is 9.47 Å². The molecule has 67 valence electrons. The highest BCUT2D eigenvalue weighted by Crippen LogP contribution is 1.91. The molecule has 2 heteroatoms. The molecule has 1 radical (unpaired) electrons. The molecule has 2 nitrogen and oxygen atoms in total. The highest BCUT2D eigenvalue weighted by atomic mass is 16.5. The largest absolute Gasteiger partial charge is 0.381 e. The zero-order chi connectivity index (χ0) is 8.53. The van der Waals surface area contributed by atoms with Gasteiger partial charge in [-0.3, -0.25) is 0 Å². The van der Waals surface area contributed by atoms with Crippen LogP contribution >= 0.6 is 0 Å². The number of hydrogen-bond donors (Lipinski definition) is 0. The van der Waals surface area contributed by atoms with Crippen molar-refractivity contribution in [3.8, 4) is 0 Å². The first-order valence-corrected chi connectivity index (χ1v) is 4.26. The van der Waals surface area contributed by atoms with Gasteiger partial charge < -0.3 is 9.47 Å². The van der Waals surface area contributed by atoms with Crippen molar-refractivity contribution in [1.82, 2.24) is 0 Å². The molecule has 11 heavy (non-hydrogen) atoms. The van der Waals surface area contributed by atoms with Crippen molar-refractivity contribution in [2.75, 3.05) is 19.8 Å². The van der Waals surface area contributed by atoms with Gasteiger partial charge in [-0.15, -0.1) is 0 Å². The van der Waals surface area contributed by atoms with Crippen LogP contribution in [0, 0.1) is 6.92 Å². The normalized spacial score (nSPS) is 10.9. The Morgan fingerprint density at radius 3 is 2.45 bits per heavy atom. The summed E-state index contributed by atoms with van der Waals surface area (Å²) in [6.45, 7) is 10.1. The third kappa shape index (κ3) is 9.92. The maximum atomic E-state index is 5.33. The van der Waals surface area contributed by atoms with Gasteiger partial charge in [0.1, 0.15) is 0 Å². The van der Waals surface area contributed by atoms with E-state index in [4.69, 9.17) is 9.47 Å². The fraction of sp³-hybridized carbons (Fsp3) is 0.889. The van der Waals surface area contributed by atoms with Gasteiger partial charge >= 0.3 is 0 Å². The number of rotatable bonds is 7. The van der Waals surface area contributed by atoms with E-state index in [0.717, 1.165) is 32.7 Å². The van der Waals surface area contributed by atoms with Crippen molar-refractivity contribution in [3.05, 3.63) is 6.92 Å². The van der Waals surface area contributed by atoms with Crippen LogP contribution in [0.5, 0.6) is 0 Å². The Morgan fingerprint density at radius 2 is 1.91 bits per heavy atom. The quantitative estimate of drug-likeness (QED) is 0.529. The minimum absolute atomic E-state index is 0.336. The average Bonchev–Trinajstić information content (AvgIpc) is 1.96. The lowest BCUT2D eigenvalue weighted by atomic mass is 10.4. The molecule has 0 aliphatic heterocycles. The van der Waals surface area contributed by atoms with Gasteiger partial charge in [-0.1, -0.05) is 6.92 Å². The Bertz CT molecular complexity index is 72.0. The summed E-state index contributed by atoms with van der Waals surface area (Å²) in [5, 5.41) is 0. The molecule has 0 saturated carbocycles. The molecule has 0 aliphatic carbocycles. The Balaban J connectivity index is 2.80. The third-order valence-electron chi connectivity index (χ3n) is 1.17. The Hall–Kier alpha value is -0.0800. The van der Waals surface area contributed by atoms with Crippen LogP contribution in [0.25, 0.3) is 0 Å².